The molecule has 4 nitrogen and oxygen atoms in total. The zero-order chi connectivity index (χ0) is 18.8. The molecular formula is C22H26O4. The average Bonchev–Trinajstić information content (AvgIpc) is 2.59. The molecule has 0 spiro atoms. The normalized spacial score (nSPS) is 17.2. The molecule has 138 valence electrons. The quantitative estimate of drug-likeness (QED) is 0.782. The summed E-state index contributed by atoms with van der Waals surface area (Å²) in [7, 11) is 1.61. The Balaban J connectivity index is 1.77. The van der Waals surface area contributed by atoms with E-state index in [9.17, 15) is 9.90 Å². The van der Waals surface area contributed by atoms with E-state index >= 15 is 0 Å². The van der Waals surface area contributed by atoms with Gasteiger partial charge in [0.05, 0.1) is 12.5 Å². The standard InChI is InChI=1S/C22H26O4/c1-21(2)14-22(15-21,20(23)24)12-17-9-10-18(25-3)19(11-17)26-13-16-7-5-4-6-8-16/h4-11H,12-15H2,1-3H3,(H,23,24). The van der Waals surface area contributed by atoms with E-state index in [0.717, 1.165) is 11.1 Å². The van der Waals surface area contributed by atoms with Gasteiger partial charge in [-0.2, -0.15) is 0 Å². The molecular weight excluding hydrogens is 328 g/mol. The highest BCUT2D eigenvalue weighted by Crippen LogP contribution is 2.56. The van der Waals surface area contributed by atoms with Gasteiger partial charge in [0.2, 0.25) is 0 Å². The van der Waals surface area contributed by atoms with Crippen LogP contribution < -0.4 is 9.47 Å². The molecule has 1 saturated carbocycles. The van der Waals surface area contributed by atoms with Crippen molar-refractivity contribution in [2.45, 2.75) is 39.7 Å². The molecule has 2 aromatic rings. The third-order valence-electron chi connectivity index (χ3n) is 5.10. The van der Waals surface area contributed by atoms with E-state index in [1.807, 2.05) is 48.5 Å². The first-order valence-corrected chi connectivity index (χ1v) is 8.91. The van der Waals surface area contributed by atoms with Crippen LogP contribution in [0.15, 0.2) is 48.5 Å². The van der Waals surface area contributed by atoms with E-state index in [0.29, 0.717) is 37.4 Å². The zero-order valence-corrected chi connectivity index (χ0v) is 15.6. The Morgan fingerprint density at radius 3 is 2.31 bits per heavy atom. The van der Waals surface area contributed by atoms with Gasteiger partial charge >= 0.3 is 5.97 Å². The number of benzene rings is 2. The molecule has 0 saturated heterocycles. The Bertz CT molecular complexity index is 772. The van der Waals surface area contributed by atoms with Crippen LogP contribution in [-0.4, -0.2) is 18.2 Å². The molecule has 0 unspecified atom stereocenters. The molecule has 0 radical (unpaired) electrons. The lowest BCUT2D eigenvalue weighted by Crippen LogP contribution is -2.49. The molecule has 1 aliphatic rings. The Kier molecular flexibility index (Phi) is 4.94. The van der Waals surface area contributed by atoms with Crippen molar-refractivity contribution >= 4 is 5.97 Å². The van der Waals surface area contributed by atoms with Crippen molar-refractivity contribution in [1.29, 1.82) is 0 Å². The second-order valence-electron chi connectivity index (χ2n) is 8.04. The van der Waals surface area contributed by atoms with Crippen LogP contribution >= 0.6 is 0 Å². The number of aliphatic carboxylic acids is 1. The van der Waals surface area contributed by atoms with Crippen molar-refractivity contribution in [1.82, 2.24) is 0 Å². The smallest absolute Gasteiger partial charge is 0.310 e. The summed E-state index contributed by atoms with van der Waals surface area (Å²) in [6.45, 7) is 4.69. The molecule has 0 heterocycles. The molecule has 2 aromatic carbocycles. The first-order chi connectivity index (χ1) is 12.3. The van der Waals surface area contributed by atoms with Gasteiger partial charge in [-0.3, -0.25) is 4.79 Å². The molecule has 0 aromatic heterocycles. The lowest BCUT2D eigenvalue weighted by atomic mass is 9.52. The van der Waals surface area contributed by atoms with Crippen molar-refractivity contribution in [2.75, 3.05) is 7.11 Å². The number of methoxy groups -OCH3 is 1. The molecule has 3 rings (SSSR count). The molecule has 1 N–H and O–H groups in total. The number of ether oxygens (including phenoxy) is 2. The summed E-state index contributed by atoms with van der Waals surface area (Å²) < 4.78 is 11.3. The topological polar surface area (TPSA) is 55.8 Å². The van der Waals surface area contributed by atoms with Gasteiger partial charge in [0.25, 0.3) is 0 Å². The van der Waals surface area contributed by atoms with Crippen molar-refractivity contribution in [2.24, 2.45) is 10.8 Å². The number of carboxylic acids is 1. The maximum absolute atomic E-state index is 11.9. The second kappa shape index (κ2) is 7.02. The lowest BCUT2D eigenvalue weighted by molar-refractivity contribution is -0.163. The van der Waals surface area contributed by atoms with Crippen LogP contribution in [0.4, 0.5) is 0 Å². The van der Waals surface area contributed by atoms with Crippen LogP contribution in [0.5, 0.6) is 11.5 Å². The zero-order valence-electron chi connectivity index (χ0n) is 15.6. The molecule has 4 heteroatoms. The van der Waals surface area contributed by atoms with Crippen LogP contribution in [0.25, 0.3) is 0 Å². The highest BCUT2D eigenvalue weighted by atomic mass is 16.5. The molecule has 0 amide bonds. The van der Waals surface area contributed by atoms with Crippen LogP contribution in [-0.2, 0) is 17.8 Å². The number of hydrogen-bond donors (Lipinski definition) is 1. The third kappa shape index (κ3) is 3.85. The fourth-order valence-electron chi connectivity index (χ4n) is 4.20. The van der Waals surface area contributed by atoms with Gasteiger partial charge in [-0.25, -0.2) is 0 Å². The third-order valence-corrected chi connectivity index (χ3v) is 5.10. The van der Waals surface area contributed by atoms with Gasteiger partial charge in [0.15, 0.2) is 11.5 Å². The van der Waals surface area contributed by atoms with Gasteiger partial charge in [-0.05, 0) is 47.9 Å². The largest absolute Gasteiger partial charge is 0.493 e. The summed E-state index contributed by atoms with van der Waals surface area (Å²) in [5.74, 6) is 0.593. The summed E-state index contributed by atoms with van der Waals surface area (Å²) in [6, 6.07) is 15.6. The van der Waals surface area contributed by atoms with Crippen LogP contribution in [0.3, 0.4) is 0 Å². The van der Waals surface area contributed by atoms with Gasteiger partial charge in [0, 0.05) is 0 Å². The summed E-state index contributed by atoms with van der Waals surface area (Å²) in [5.41, 5.74) is 1.46. The summed E-state index contributed by atoms with van der Waals surface area (Å²) in [4.78, 5) is 11.9. The van der Waals surface area contributed by atoms with E-state index in [4.69, 9.17) is 9.47 Å². The highest BCUT2D eigenvalue weighted by molar-refractivity contribution is 5.76. The summed E-state index contributed by atoms with van der Waals surface area (Å²) >= 11 is 0. The second-order valence-corrected chi connectivity index (χ2v) is 8.04. The first kappa shape index (κ1) is 18.3. The van der Waals surface area contributed by atoms with E-state index in [-0.39, 0.29) is 5.41 Å². The van der Waals surface area contributed by atoms with Crippen molar-refractivity contribution in [3.63, 3.8) is 0 Å². The Morgan fingerprint density at radius 2 is 1.73 bits per heavy atom. The van der Waals surface area contributed by atoms with Crippen LogP contribution in [0, 0.1) is 10.8 Å². The Labute approximate surface area is 154 Å². The van der Waals surface area contributed by atoms with E-state index < -0.39 is 11.4 Å². The van der Waals surface area contributed by atoms with Gasteiger partial charge in [-0.1, -0.05) is 50.2 Å². The molecule has 0 atom stereocenters. The fraction of sp³-hybridized carbons (Fsp3) is 0.409. The fourth-order valence-corrected chi connectivity index (χ4v) is 4.20. The van der Waals surface area contributed by atoms with E-state index in [1.54, 1.807) is 7.11 Å². The minimum atomic E-state index is -0.709. The lowest BCUT2D eigenvalue weighted by Gasteiger charge is -2.50. The summed E-state index contributed by atoms with van der Waals surface area (Å²) in [5, 5.41) is 9.74. The van der Waals surface area contributed by atoms with E-state index in [1.165, 1.54) is 0 Å². The van der Waals surface area contributed by atoms with Gasteiger partial charge < -0.3 is 14.6 Å². The average molecular weight is 354 g/mol. The Morgan fingerprint density at radius 1 is 1.04 bits per heavy atom. The Hall–Kier alpha value is -2.49. The van der Waals surface area contributed by atoms with Crippen molar-refractivity contribution < 1.29 is 19.4 Å². The number of carbonyl (C=O) groups is 1. The van der Waals surface area contributed by atoms with Gasteiger partial charge in [-0.15, -0.1) is 0 Å². The maximum Gasteiger partial charge on any atom is 0.310 e. The highest BCUT2D eigenvalue weighted by Gasteiger charge is 2.54. The number of hydrogen-bond acceptors (Lipinski definition) is 3. The summed E-state index contributed by atoms with van der Waals surface area (Å²) in [6.07, 6.45) is 1.90. The van der Waals surface area contributed by atoms with Gasteiger partial charge in [0.1, 0.15) is 6.61 Å². The number of carboxylic acid groups (broad SMARTS) is 1. The maximum atomic E-state index is 11.9. The van der Waals surface area contributed by atoms with Crippen molar-refractivity contribution in [3.8, 4) is 11.5 Å². The molecule has 0 aliphatic heterocycles. The van der Waals surface area contributed by atoms with Crippen molar-refractivity contribution in [3.05, 3.63) is 59.7 Å². The van der Waals surface area contributed by atoms with Crippen LogP contribution in [0.2, 0.25) is 0 Å². The minimum absolute atomic E-state index is 0.0947. The molecule has 0 bridgehead atoms. The van der Waals surface area contributed by atoms with Crippen LogP contribution in [0.1, 0.15) is 37.8 Å². The first-order valence-electron chi connectivity index (χ1n) is 8.91. The minimum Gasteiger partial charge on any atom is -0.493 e. The SMILES string of the molecule is COc1ccc(CC2(C(=O)O)CC(C)(C)C2)cc1OCc1ccccc1. The molecule has 26 heavy (non-hydrogen) atoms. The predicted octanol–water partition coefficient (Wildman–Crippen LogP) is 4.71. The van der Waals surface area contributed by atoms with E-state index in [2.05, 4.69) is 13.8 Å². The number of rotatable bonds is 7. The molecule has 1 fully saturated rings. The molecule has 1 aliphatic carbocycles. The predicted molar refractivity (Wildman–Crippen MR) is 101 cm³/mol. The monoisotopic (exact) mass is 354 g/mol.